The van der Waals surface area contributed by atoms with Gasteiger partial charge in [0.25, 0.3) is 15.9 Å². The highest BCUT2D eigenvalue weighted by Crippen LogP contribution is 2.24. The van der Waals surface area contributed by atoms with E-state index < -0.39 is 22.0 Å². The molecule has 164 valence electrons. The summed E-state index contributed by atoms with van der Waals surface area (Å²) in [6, 6.07) is 19.4. The molecule has 0 heterocycles. The van der Waals surface area contributed by atoms with Gasteiger partial charge in [0, 0.05) is 10.7 Å². The van der Waals surface area contributed by atoms with Crippen molar-refractivity contribution in [2.24, 2.45) is 0 Å². The predicted octanol–water partition coefficient (Wildman–Crippen LogP) is 4.73. The van der Waals surface area contributed by atoms with Crippen LogP contribution in [0.2, 0.25) is 5.02 Å². The molecule has 0 saturated carbocycles. The first-order valence-electron chi connectivity index (χ1n) is 9.54. The SMILES string of the molecule is Cc1ccc(NC(=O)C(C)Oc2cccc(C#N)c2)cc1S(=O)(=O)Nc1cccc(Cl)c1. The largest absolute Gasteiger partial charge is 0.481 e. The third kappa shape index (κ3) is 5.78. The lowest BCUT2D eigenvalue weighted by Crippen LogP contribution is -2.30. The van der Waals surface area contributed by atoms with Crippen LogP contribution in [0.25, 0.3) is 0 Å². The van der Waals surface area contributed by atoms with Gasteiger partial charge >= 0.3 is 0 Å². The molecule has 0 aliphatic carbocycles. The Morgan fingerprint density at radius 2 is 1.81 bits per heavy atom. The predicted molar refractivity (Wildman–Crippen MR) is 123 cm³/mol. The molecule has 0 aliphatic rings. The number of anilines is 2. The van der Waals surface area contributed by atoms with Crippen molar-refractivity contribution in [1.82, 2.24) is 0 Å². The number of nitriles is 1. The minimum Gasteiger partial charge on any atom is -0.481 e. The fourth-order valence-corrected chi connectivity index (χ4v) is 4.38. The fourth-order valence-electron chi connectivity index (χ4n) is 2.87. The van der Waals surface area contributed by atoms with Gasteiger partial charge in [-0.15, -0.1) is 0 Å². The van der Waals surface area contributed by atoms with Gasteiger partial charge in [-0.1, -0.05) is 29.8 Å². The molecule has 1 amide bonds. The molecule has 3 aromatic carbocycles. The van der Waals surface area contributed by atoms with Crippen LogP contribution in [0.3, 0.4) is 0 Å². The van der Waals surface area contributed by atoms with E-state index in [0.29, 0.717) is 33.3 Å². The van der Waals surface area contributed by atoms with Crippen molar-refractivity contribution in [3.05, 3.63) is 82.9 Å². The highest BCUT2D eigenvalue weighted by atomic mass is 35.5. The Morgan fingerprint density at radius 3 is 2.53 bits per heavy atom. The smallest absolute Gasteiger partial charge is 0.265 e. The van der Waals surface area contributed by atoms with Crippen LogP contribution in [0.4, 0.5) is 11.4 Å². The van der Waals surface area contributed by atoms with Gasteiger partial charge in [0.15, 0.2) is 6.10 Å². The number of halogens is 1. The molecule has 32 heavy (non-hydrogen) atoms. The lowest BCUT2D eigenvalue weighted by molar-refractivity contribution is -0.122. The molecule has 3 aromatic rings. The summed E-state index contributed by atoms with van der Waals surface area (Å²) in [5.41, 5.74) is 1.55. The van der Waals surface area contributed by atoms with Crippen molar-refractivity contribution in [2.75, 3.05) is 10.0 Å². The molecule has 0 saturated heterocycles. The van der Waals surface area contributed by atoms with E-state index in [1.54, 1.807) is 62.4 Å². The van der Waals surface area contributed by atoms with Gasteiger partial charge < -0.3 is 10.1 Å². The van der Waals surface area contributed by atoms with Crippen LogP contribution in [-0.2, 0) is 14.8 Å². The van der Waals surface area contributed by atoms with E-state index in [1.165, 1.54) is 18.2 Å². The second-order valence-corrected chi connectivity index (χ2v) is 9.07. The number of benzene rings is 3. The fraction of sp³-hybridized carbons (Fsp3) is 0.130. The zero-order chi connectivity index (χ0) is 23.3. The molecule has 9 heteroatoms. The number of hydrogen-bond acceptors (Lipinski definition) is 5. The third-order valence-corrected chi connectivity index (χ3v) is 6.23. The summed E-state index contributed by atoms with van der Waals surface area (Å²) in [5, 5.41) is 12.0. The molecule has 0 aromatic heterocycles. The average Bonchev–Trinajstić information content (AvgIpc) is 2.74. The van der Waals surface area contributed by atoms with Crippen LogP contribution in [0.1, 0.15) is 18.1 Å². The van der Waals surface area contributed by atoms with E-state index in [0.717, 1.165) is 0 Å². The molecule has 1 atom stereocenters. The van der Waals surface area contributed by atoms with Crippen molar-refractivity contribution in [1.29, 1.82) is 5.26 Å². The first-order valence-corrected chi connectivity index (χ1v) is 11.4. The molecule has 2 N–H and O–H groups in total. The Hall–Kier alpha value is -3.54. The monoisotopic (exact) mass is 469 g/mol. The number of nitrogens with zero attached hydrogens (tertiary/aromatic N) is 1. The lowest BCUT2D eigenvalue weighted by atomic mass is 10.2. The van der Waals surface area contributed by atoms with Gasteiger partial charge in [0.05, 0.1) is 22.2 Å². The van der Waals surface area contributed by atoms with Gasteiger partial charge in [-0.05, 0) is 67.9 Å². The van der Waals surface area contributed by atoms with Crippen LogP contribution in [-0.4, -0.2) is 20.4 Å². The minimum absolute atomic E-state index is 0.0190. The average molecular weight is 470 g/mol. The Bertz CT molecular complexity index is 1300. The van der Waals surface area contributed by atoms with Crippen molar-refractivity contribution in [3.8, 4) is 11.8 Å². The summed E-state index contributed by atoms with van der Waals surface area (Å²) in [4.78, 5) is 12.6. The number of aryl methyl sites for hydroxylation is 1. The standard InChI is InChI=1S/C23H20ClN3O4S/c1-15-9-10-19(13-22(15)32(29,30)27-20-7-4-6-18(24)12-20)26-23(28)16(2)31-21-8-3-5-17(11-21)14-25/h3-13,16,27H,1-2H3,(H,26,28). The van der Waals surface area contributed by atoms with Crippen LogP contribution >= 0.6 is 11.6 Å². The number of rotatable bonds is 7. The Morgan fingerprint density at radius 1 is 1.06 bits per heavy atom. The number of carbonyl (C=O) groups is 1. The normalized spacial score (nSPS) is 11.8. The third-order valence-electron chi connectivity index (χ3n) is 4.47. The lowest BCUT2D eigenvalue weighted by Gasteiger charge is -2.16. The number of sulfonamides is 1. The quantitative estimate of drug-likeness (QED) is 0.520. The first-order chi connectivity index (χ1) is 15.2. The maximum absolute atomic E-state index is 12.9. The molecular formula is C23H20ClN3O4S. The summed E-state index contributed by atoms with van der Waals surface area (Å²) in [5.74, 6) is -0.0908. The molecule has 0 bridgehead atoms. The van der Waals surface area contributed by atoms with E-state index in [-0.39, 0.29) is 4.90 Å². The number of carbonyl (C=O) groups excluding carboxylic acids is 1. The summed E-state index contributed by atoms with van der Waals surface area (Å²) >= 11 is 5.93. The topological polar surface area (TPSA) is 108 Å². The maximum Gasteiger partial charge on any atom is 0.265 e. The first kappa shape index (κ1) is 23.1. The Balaban J connectivity index is 1.76. The summed E-state index contributed by atoms with van der Waals surface area (Å²) in [6.07, 6.45) is -0.880. The number of amides is 1. The second kappa shape index (κ2) is 9.73. The van der Waals surface area contributed by atoms with E-state index in [1.807, 2.05) is 6.07 Å². The zero-order valence-electron chi connectivity index (χ0n) is 17.3. The Kier molecular flexibility index (Phi) is 7.03. The van der Waals surface area contributed by atoms with Gasteiger partial charge in [0.1, 0.15) is 5.75 Å². The summed E-state index contributed by atoms with van der Waals surface area (Å²) in [6.45, 7) is 3.22. The summed E-state index contributed by atoms with van der Waals surface area (Å²) in [7, 11) is -3.92. The maximum atomic E-state index is 12.9. The molecule has 0 fully saturated rings. The molecule has 3 rings (SSSR count). The van der Waals surface area contributed by atoms with E-state index in [9.17, 15) is 13.2 Å². The van der Waals surface area contributed by atoms with E-state index >= 15 is 0 Å². The van der Waals surface area contributed by atoms with Crippen molar-refractivity contribution in [3.63, 3.8) is 0 Å². The number of hydrogen-bond donors (Lipinski definition) is 2. The molecule has 0 radical (unpaired) electrons. The molecule has 1 unspecified atom stereocenters. The van der Waals surface area contributed by atoms with Gasteiger partial charge in [0.2, 0.25) is 0 Å². The number of nitrogens with one attached hydrogen (secondary N) is 2. The highest BCUT2D eigenvalue weighted by molar-refractivity contribution is 7.92. The van der Waals surface area contributed by atoms with Gasteiger partial charge in [-0.2, -0.15) is 5.26 Å². The number of ether oxygens (including phenoxy) is 1. The van der Waals surface area contributed by atoms with Crippen LogP contribution in [0.5, 0.6) is 5.75 Å². The van der Waals surface area contributed by atoms with Crippen molar-refractivity contribution >= 4 is 38.9 Å². The van der Waals surface area contributed by atoms with Crippen molar-refractivity contribution in [2.45, 2.75) is 24.8 Å². The van der Waals surface area contributed by atoms with Gasteiger partial charge in [-0.3, -0.25) is 9.52 Å². The molecule has 7 nitrogen and oxygen atoms in total. The van der Waals surface area contributed by atoms with Crippen LogP contribution in [0, 0.1) is 18.3 Å². The molecular weight excluding hydrogens is 450 g/mol. The molecule has 0 aliphatic heterocycles. The van der Waals surface area contributed by atoms with Gasteiger partial charge in [-0.25, -0.2) is 8.42 Å². The zero-order valence-corrected chi connectivity index (χ0v) is 18.9. The Labute approximate surface area is 191 Å². The van der Waals surface area contributed by atoms with Crippen molar-refractivity contribution < 1.29 is 17.9 Å². The summed E-state index contributed by atoms with van der Waals surface area (Å²) < 4.78 is 33.9. The van der Waals surface area contributed by atoms with E-state index in [2.05, 4.69) is 10.0 Å². The highest BCUT2D eigenvalue weighted by Gasteiger charge is 2.20. The minimum atomic E-state index is -3.92. The van der Waals surface area contributed by atoms with Crippen LogP contribution < -0.4 is 14.8 Å². The van der Waals surface area contributed by atoms with Crippen LogP contribution in [0.15, 0.2) is 71.6 Å². The molecule has 0 spiro atoms. The second-order valence-electron chi connectivity index (χ2n) is 6.99. The van der Waals surface area contributed by atoms with E-state index in [4.69, 9.17) is 21.6 Å².